The molecular weight excluding hydrogens is 428 g/mol. The van der Waals surface area contributed by atoms with Gasteiger partial charge in [-0.1, -0.05) is 44.5 Å². The second kappa shape index (κ2) is 8.12. The molecule has 2 amide bonds. The number of aromatic amines is 1. The number of nitrogens with zero attached hydrogens (tertiary/aromatic N) is 3. The Morgan fingerprint density at radius 1 is 1.03 bits per heavy atom. The fourth-order valence-corrected chi connectivity index (χ4v) is 3.71. The highest BCUT2D eigenvalue weighted by atomic mass is 35.5. The van der Waals surface area contributed by atoms with Crippen LogP contribution in [-0.2, 0) is 10.2 Å². The summed E-state index contributed by atoms with van der Waals surface area (Å²) in [5, 5.41) is 13.8. The van der Waals surface area contributed by atoms with E-state index >= 15 is 0 Å². The lowest BCUT2D eigenvalue weighted by atomic mass is 9.92. The molecule has 9 heteroatoms. The summed E-state index contributed by atoms with van der Waals surface area (Å²) < 4.78 is 1.57. The number of carbonyl (C=O) groups excluding carboxylic acids is 2. The van der Waals surface area contributed by atoms with E-state index in [1.807, 2.05) is 12.1 Å². The zero-order valence-electron chi connectivity index (χ0n) is 18.2. The number of benzene rings is 2. The van der Waals surface area contributed by atoms with Crippen LogP contribution >= 0.6 is 11.6 Å². The van der Waals surface area contributed by atoms with Gasteiger partial charge in [0, 0.05) is 34.8 Å². The third-order valence-electron chi connectivity index (χ3n) is 4.84. The van der Waals surface area contributed by atoms with E-state index in [-0.39, 0.29) is 17.2 Å². The van der Waals surface area contributed by atoms with E-state index in [0.717, 1.165) is 11.3 Å². The average molecular weight is 451 g/mol. The van der Waals surface area contributed by atoms with Crippen LogP contribution in [0.1, 0.15) is 43.7 Å². The van der Waals surface area contributed by atoms with E-state index in [0.29, 0.717) is 33.4 Å². The van der Waals surface area contributed by atoms with Crippen molar-refractivity contribution in [3.8, 4) is 11.4 Å². The van der Waals surface area contributed by atoms with Crippen LogP contribution in [0.3, 0.4) is 0 Å². The third-order valence-corrected chi connectivity index (χ3v) is 5.19. The van der Waals surface area contributed by atoms with Gasteiger partial charge >= 0.3 is 0 Å². The number of anilines is 2. The van der Waals surface area contributed by atoms with Crippen LogP contribution in [0.4, 0.5) is 11.4 Å². The van der Waals surface area contributed by atoms with Crippen LogP contribution in [-0.4, -0.2) is 31.6 Å². The van der Waals surface area contributed by atoms with Gasteiger partial charge in [-0.25, -0.2) is 4.98 Å². The number of nitrogens with one attached hydrogen (secondary N) is 3. The van der Waals surface area contributed by atoms with Crippen LogP contribution < -0.4 is 10.6 Å². The first kappa shape index (κ1) is 21.6. The lowest BCUT2D eigenvalue weighted by molar-refractivity contribution is -0.114. The Morgan fingerprint density at radius 2 is 1.75 bits per heavy atom. The predicted octanol–water partition coefficient (Wildman–Crippen LogP) is 4.89. The summed E-state index contributed by atoms with van der Waals surface area (Å²) >= 11 is 6.51. The molecule has 4 aromatic rings. The first-order valence-electron chi connectivity index (χ1n) is 10.1. The summed E-state index contributed by atoms with van der Waals surface area (Å²) in [5.74, 6) is 0.0631. The van der Waals surface area contributed by atoms with Crippen molar-refractivity contribution in [2.24, 2.45) is 0 Å². The second-order valence-electron chi connectivity index (χ2n) is 8.52. The zero-order chi connectivity index (χ0) is 23.0. The summed E-state index contributed by atoms with van der Waals surface area (Å²) in [5.41, 5.74) is 3.72. The number of hydrogen-bond donors (Lipinski definition) is 3. The van der Waals surface area contributed by atoms with Crippen LogP contribution in [0, 0.1) is 0 Å². The fourth-order valence-electron chi connectivity index (χ4n) is 3.27. The molecule has 2 aromatic carbocycles. The Labute approximate surface area is 190 Å². The maximum atomic E-state index is 12.6. The second-order valence-corrected chi connectivity index (χ2v) is 8.89. The van der Waals surface area contributed by atoms with Gasteiger partial charge in [0.2, 0.25) is 5.91 Å². The van der Waals surface area contributed by atoms with Crippen LogP contribution in [0.15, 0.2) is 48.5 Å². The summed E-state index contributed by atoms with van der Waals surface area (Å²) in [4.78, 5) is 28.3. The molecule has 4 rings (SSSR count). The zero-order valence-corrected chi connectivity index (χ0v) is 18.9. The Hall–Kier alpha value is -3.65. The summed E-state index contributed by atoms with van der Waals surface area (Å²) in [7, 11) is 0. The average Bonchev–Trinajstić information content (AvgIpc) is 3.28. The maximum absolute atomic E-state index is 12.6. The van der Waals surface area contributed by atoms with Crippen LogP contribution in [0.25, 0.3) is 17.0 Å². The maximum Gasteiger partial charge on any atom is 0.255 e. The van der Waals surface area contributed by atoms with Crippen molar-refractivity contribution >= 4 is 40.4 Å². The minimum absolute atomic E-state index is 0.163. The number of aromatic nitrogens is 4. The molecule has 0 fully saturated rings. The molecule has 2 heterocycles. The molecule has 0 aliphatic rings. The molecular formula is C23H23ClN6O2. The quantitative estimate of drug-likeness (QED) is 0.412. The van der Waals surface area contributed by atoms with Crippen molar-refractivity contribution < 1.29 is 9.59 Å². The molecule has 0 atom stereocenters. The molecule has 0 unspecified atom stereocenters. The molecule has 2 aromatic heterocycles. The third kappa shape index (κ3) is 4.36. The number of hydrogen-bond acceptors (Lipinski definition) is 4. The molecule has 0 aliphatic carbocycles. The first-order valence-corrected chi connectivity index (χ1v) is 10.4. The van der Waals surface area contributed by atoms with E-state index in [1.54, 1.807) is 41.0 Å². The van der Waals surface area contributed by atoms with Crippen molar-refractivity contribution in [3.63, 3.8) is 0 Å². The Bertz CT molecular complexity index is 1310. The van der Waals surface area contributed by atoms with E-state index in [9.17, 15) is 9.59 Å². The first-order chi connectivity index (χ1) is 15.1. The molecule has 8 nitrogen and oxygen atoms in total. The minimum atomic E-state index is -0.265. The molecule has 164 valence electrons. The molecule has 0 aliphatic heterocycles. The van der Waals surface area contributed by atoms with E-state index in [4.69, 9.17) is 11.6 Å². The van der Waals surface area contributed by atoms with Gasteiger partial charge in [-0.15, -0.1) is 5.10 Å². The predicted molar refractivity (Wildman–Crippen MR) is 125 cm³/mol. The molecule has 0 saturated carbocycles. The molecule has 0 bridgehead atoms. The summed E-state index contributed by atoms with van der Waals surface area (Å²) in [6.45, 7) is 7.61. The van der Waals surface area contributed by atoms with Gasteiger partial charge in [0.05, 0.1) is 5.69 Å². The number of amides is 2. The van der Waals surface area contributed by atoms with Crippen molar-refractivity contribution in [1.82, 2.24) is 19.8 Å². The summed E-state index contributed by atoms with van der Waals surface area (Å²) in [6, 6.07) is 13.9. The van der Waals surface area contributed by atoms with Gasteiger partial charge < -0.3 is 10.6 Å². The number of H-pyrrole nitrogens is 1. The Morgan fingerprint density at radius 3 is 2.38 bits per heavy atom. The molecule has 0 radical (unpaired) electrons. The van der Waals surface area contributed by atoms with Crippen molar-refractivity contribution in [2.45, 2.75) is 33.1 Å². The van der Waals surface area contributed by atoms with Crippen LogP contribution in [0.2, 0.25) is 5.02 Å². The monoisotopic (exact) mass is 450 g/mol. The lowest BCUT2D eigenvalue weighted by Crippen LogP contribution is -2.13. The van der Waals surface area contributed by atoms with Crippen molar-refractivity contribution in [3.05, 3.63) is 64.8 Å². The standard InChI is InChI=1S/C23H23ClN6O2/c1-13(31)25-16-10-8-14(9-11-16)22(32)26-17-7-5-6-15(12-17)20-27-21-18(24)19(23(2,3)4)28-30(21)29-20/h5-12,28H,1-4H3,(H,25,31)(H,26,32). The molecule has 3 N–H and O–H groups in total. The number of carbonyl (C=O) groups is 2. The molecule has 0 saturated heterocycles. The SMILES string of the molecule is CC(=O)Nc1ccc(C(=O)Nc2cccc(-c3nc4c(Cl)c(C(C)(C)C)[nH]n4n3)c2)cc1. The lowest BCUT2D eigenvalue weighted by Gasteiger charge is -2.16. The highest BCUT2D eigenvalue weighted by Crippen LogP contribution is 2.32. The summed E-state index contributed by atoms with van der Waals surface area (Å²) in [6.07, 6.45) is 0. The van der Waals surface area contributed by atoms with Gasteiger partial charge in [-0.05, 0) is 36.4 Å². The van der Waals surface area contributed by atoms with Crippen LogP contribution in [0.5, 0.6) is 0 Å². The van der Waals surface area contributed by atoms with Gasteiger partial charge in [0.25, 0.3) is 5.91 Å². The van der Waals surface area contributed by atoms with Gasteiger partial charge in [-0.3, -0.25) is 14.7 Å². The number of rotatable bonds is 4. The Balaban J connectivity index is 1.55. The fraction of sp³-hybridized carbons (Fsp3) is 0.217. The molecule has 32 heavy (non-hydrogen) atoms. The van der Waals surface area contributed by atoms with Gasteiger partial charge in [0.1, 0.15) is 5.02 Å². The number of fused-ring (bicyclic) bond motifs is 1. The Kier molecular flexibility index (Phi) is 5.48. The number of halogens is 1. The van der Waals surface area contributed by atoms with Gasteiger partial charge in [-0.2, -0.15) is 4.63 Å². The minimum Gasteiger partial charge on any atom is -0.326 e. The highest BCUT2D eigenvalue weighted by molar-refractivity contribution is 6.34. The highest BCUT2D eigenvalue weighted by Gasteiger charge is 2.24. The normalized spacial score (nSPS) is 11.5. The molecule has 0 spiro atoms. The van der Waals surface area contributed by atoms with E-state index in [1.165, 1.54) is 6.92 Å². The smallest absolute Gasteiger partial charge is 0.255 e. The van der Waals surface area contributed by atoms with Crippen molar-refractivity contribution in [1.29, 1.82) is 0 Å². The van der Waals surface area contributed by atoms with Gasteiger partial charge in [0.15, 0.2) is 11.5 Å². The van der Waals surface area contributed by atoms with E-state index < -0.39 is 0 Å². The largest absolute Gasteiger partial charge is 0.326 e. The topological polar surface area (TPSA) is 104 Å². The van der Waals surface area contributed by atoms with E-state index in [2.05, 4.69) is 46.6 Å². The van der Waals surface area contributed by atoms with Crippen molar-refractivity contribution in [2.75, 3.05) is 10.6 Å².